The molecule has 3 amide bonds. The zero-order valence-electron chi connectivity index (χ0n) is 9.43. The number of aliphatic carboxylic acids is 1. The van der Waals surface area contributed by atoms with Crippen molar-refractivity contribution in [3.63, 3.8) is 0 Å². The number of carboxylic acids is 1. The highest BCUT2D eigenvalue weighted by Gasteiger charge is 2.65. The number of piperidine rings is 1. The van der Waals surface area contributed by atoms with Crippen molar-refractivity contribution in [3.8, 4) is 0 Å². The summed E-state index contributed by atoms with van der Waals surface area (Å²) in [7, 11) is 0. The number of carbonyl (C=O) groups is 4. The van der Waals surface area contributed by atoms with E-state index in [1.165, 1.54) is 0 Å². The maximum atomic E-state index is 11.8. The summed E-state index contributed by atoms with van der Waals surface area (Å²) in [5, 5.41) is 15.9. The highest BCUT2D eigenvalue weighted by molar-refractivity contribution is 5.99. The Morgan fingerprint density at radius 2 is 2.33 bits per heavy atom. The SMILES string of the molecule is O=CNC(CC(=O)O)C(=O)NC12CC1CNC2=O. The Hall–Kier alpha value is -2.12. The molecule has 3 atom stereocenters. The van der Waals surface area contributed by atoms with Gasteiger partial charge in [-0.1, -0.05) is 0 Å². The lowest BCUT2D eigenvalue weighted by Gasteiger charge is -2.18. The van der Waals surface area contributed by atoms with Gasteiger partial charge in [0.2, 0.25) is 18.2 Å². The molecule has 1 aliphatic carbocycles. The summed E-state index contributed by atoms with van der Waals surface area (Å²) in [6.45, 7) is 0.518. The topological polar surface area (TPSA) is 125 Å². The molecule has 1 heterocycles. The molecule has 0 aromatic carbocycles. The second-order valence-corrected chi connectivity index (χ2v) is 4.51. The third kappa shape index (κ3) is 2.01. The quantitative estimate of drug-likeness (QED) is 0.393. The number of amides is 3. The van der Waals surface area contributed by atoms with Crippen LogP contribution in [0.15, 0.2) is 0 Å². The van der Waals surface area contributed by atoms with Crippen LogP contribution in [-0.2, 0) is 19.2 Å². The molecule has 0 spiro atoms. The minimum atomic E-state index is -1.20. The maximum Gasteiger partial charge on any atom is 0.305 e. The van der Waals surface area contributed by atoms with Crippen LogP contribution in [0.2, 0.25) is 0 Å². The molecular formula is C10H13N3O5. The second-order valence-electron chi connectivity index (χ2n) is 4.51. The van der Waals surface area contributed by atoms with E-state index in [1.807, 2.05) is 0 Å². The van der Waals surface area contributed by atoms with Crippen LogP contribution in [0.5, 0.6) is 0 Å². The highest BCUT2D eigenvalue weighted by atomic mass is 16.4. The van der Waals surface area contributed by atoms with E-state index >= 15 is 0 Å². The first kappa shape index (κ1) is 12.3. The van der Waals surface area contributed by atoms with Gasteiger partial charge in [0, 0.05) is 12.5 Å². The van der Waals surface area contributed by atoms with E-state index in [2.05, 4.69) is 16.0 Å². The molecule has 0 radical (unpaired) electrons. The van der Waals surface area contributed by atoms with Gasteiger partial charge in [0.25, 0.3) is 0 Å². The highest BCUT2D eigenvalue weighted by Crippen LogP contribution is 2.46. The molecule has 18 heavy (non-hydrogen) atoms. The normalized spacial score (nSPS) is 29.8. The van der Waals surface area contributed by atoms with Crippen molar-refractivity contribution in [2.24, 2.45) is 5.92 Å². The predicted octanol–water partition coefficient (Wildman–Crippen LogP) is -2.42. The number of fused-ring (bicyclic) bond motifs is 1. The van der Waals surface area contributed by atoms with Gasteiger partial charge in [0.15, 0.2) is 0 Å². The lowest BCUT2D eigenvalue weighted by Crippen LogP contribution is -2.53. The Morgan fingerprint density at radius 1 is 1.61 bits per heavy atom. The van der Waals surface area contributed by atoms with Crippen LogP contribution in [-0.4, -0.2) is 47.4 Å². The van der Waals surface area contributed by atoms with Gasteiger partial charge in [0.05, 0.1) is 6.42 Å². The van der Waals surface area contributed by atoms with E-state index in [4.69, 9.17) is 5.11 Å². The number of nitrogens with one attached hydrogen (secondary N) is 3. The van der Waals surface area contributed by atoms with Gasteiger partial charge < -0.3 is 21.1 Å². The fourth-order valence-corrected chi connectivity index (χ4v) is 2.23. The van der Waals surface area contributed by atoms with Gasteiger partial charge in [-0.15, -0.1) is 0 Å². The van der Waals surface area contributed by atoms with Crippen LogP contribution < -0.4 is 16.0 Å². The summed E-state index contributed by atoms with van der Waals surface area (Å²) < 4.78 is 0. The van der Waals surface area contributed by atoms with Crippen molar-refractivity contribution in [1.29, 1.82) is 0 Å². The molecule has 2 rings (SSSR count). The maximum absolute atomic E-state index is 11.8. The Labute approximate surface area is 102 Å². The van der Waals surface area contributed by atoms with Crippen LogP contribution in [0.3, 0.4) is 0 Å². The molecule has 98 valence electrons. The summed E-state index contributed by atoms with van der Waals surface area (Å²) in [5.41, 5.74) is -0.890. The molecule has 0 bridgehead atoms. The number of hydrogen-bond acceptors (Lipinski definition) is 4. The van der Waals surface area contributed by atoms with Crippen LogP contribution in [0.4, 0.5) is 0 Å². The first-order valence-corrected chi connectivity index (χ1v) is 5.51. The number of carboxylic acid groups (broad SMARTS) is 1. The smallest absolute Gasteiger partial charge is 0.305 e. The summed E-state index contributed by atoms with van der Waals surface area (Å²) >= 11 is 0. The third-order valence-corrected chi connectivity index (χ3v) is 3.33. The van der Waals surface area contributed by atoms with Gasteiger partial charge in [-0.2, -0.15) is 0 Å². The Morgan fingerprint density at radius 3 is 2.78 bits per heavy atom. The van der Waals surface area contributed by atoms with Crippen LogP contribution in [0.1, 0.15) is 12.8 Å². The van der Waals surface area contributed by atoms with Gasteiger partial charge >= 0.3 is 5.97 Å². The summed E-state index contributed by atoms with van der Waals surface area (Å²) in [4.78, 5) is 44.3. The molecular weight excluding hydrogens is 242 g/mol. The summed E-state index contributed by atoms with van der Waals surface area (Å²) in [5.74, 6) is -2.04. The van der Waals surface area contributed by atoms with Crippen molar-refractivity contribution in [1.82, 2.24) is 16.0 Å². The predicted molar refractivity (Wildman–Crippen MR) is 57.2 cm³/mol. The van der Waals surface area contributed by atoms with Crippen LogP contribution in [0, 0.1) is 5.92 Å². The van der Waals surface area contributed by atoms with Crippen molar-refractivity contribution in [2.75, 3.05) is 6.54 Å². The van der Waals surface area contributed by atoms with Crippen molar-refractivity contribution in [3.05, 3.63) is 0 Å². The largest absolute Gasteiger partial charge is 0.481 e. The average molecular weight is 255 g/mol. The van der Waals surface area contributed by atoms with E-state index in [1.54, 1.807) is 0 Å². The molecule has 0 aromatic heterocycles. The van der Waals surface area contributed by atoms with E-state index in [0.717, 1.165) is 0 Å². The van der Waals surface area contributed by atoms with Gasteiger partial charge in [-0.25, -0.2) is 0 Å². The molecule has 4 N–H and O–H groups in total. The van der Waals surface area contributed by atoms with Crippen molar-refractivity contribution < 1.29 is 24.3 Å². The van der Waals surface area contributed by atoms with Gasteiger partial charge in [-0.3, -0.25) is 19.2 Å². The zero-order chi connectivity index (χ0) is 13.3. The number of carbonyl (C=O) groups excluding carboxylic acids is 3. The molecule has 1 saturated heterocycles. The minimum absolute atomic E-state index is 0.0654. The standard InChI is InChI=1S/C10H13N3O5/c14-4-12-6(1-7(15)16)8(17)13-10-2-5(10)3-11-9(10)18/h4-6H,1-3H2,(H,11,18)(H,12,14)(H,13,17)(H,15,16). The van der Waals surface area contributed by atoms with Gasteiger partial charge in [0.1, 0.15) is 11.6 Å². The minimum Gasteiger partial charge on any atom is -0.481 e. The second kappa shape index (κ2) is 4.28. The van der Waals surface area contributed by atoms with Crippen LogP contribution in [0.25, 0.3) is 0 Å². The molecule has 8 nitrogen and oxygen atoms in total. The van der Waals surface area contributed by atoms with E-state index in [0.29, 0.717) is 13.0 Å². The van der Waals surface area contributed by atoms with E-state index < -0.39 is 29.9 Å². The fourth-order valence-electron chi connectivity index (χ4n) is 2.23. The third-order valence-electron chi connectivity index (χ3n) is 3.33. The molecule has 1 aliphatic heterocycles. The van der Waals surface area contributed by atoms with Crippen molar-refractivity contribution in [2.45, 2.75) is 24.4 Å². The Balaban J connectivity index is 1.99. The van der Waals surface area contributed by atoms with E-state index in [-0.39, 0.29) is 18.2 Å². The molecule has 8 heteroatoms. The zero-order valence-corrected chi connectivity index (χ0v) is 9.43. The molecule has 1 saturated carbocycles. The fraction of sp³-hybridized carbons (Fsp3) is 0.600. The average Bonchev–Trinajstić information content (AvgIpc) is 2.91. The summed E-state index contributed by atoms with van der Waals surface area (Å²) in [6.07, 6.45) is 0.308. The molecule has 2 fully saturated rings. The monoisotopic (exact) mass is 255 g/mol. The van der Waals surface area contributed by atoms with E-state index in [9.17, 15) is 19.2 Å². The molecule has 0 aromatic rings. The van der Waals surface area contributed by atoms with Crippen molar-refractivity contribution >= 4 is 24.2 Å². The number of hydrogen-bond donors (Lipinski definition) is 4. The Bertz CT molecular complexity index is 424. The number of rotatable bonds is 6. The first-order chi connectivity index (χ1) is 8.49. The first-order valence-electron chi connectivity index (χ1n) is 5.51. The summed E-state index contributed by atoms with van der Waals surface area (Å²) in [6, 6.07) is -1.16. The lowest BCUT2D eigenvalue weighted by molar-refractivity contribution is -0.140. The lowest BCUT2D eigenvalue weighted by atomic mass is 10.1. The Kier molecular flexibility index (Phi) is 2.93. The van der Waals surface area contributed by atoms with Gasteiger partial charge in [-0.05, 0) is 6.42 Å². The molecule has 2 aliphatic rings. The molecule has 3 unspecified atom stereocenters. The van der Waals surface area contributed by atoms with Crippen LogP contribution >= 0.6 is 0 Å².